The molecule has 0 aliphatic rings. The summed E-state index contributed by atoms with van der Waals surface area (Å²) in [7, 11) is 1.85. The zero-order valence-corrected chi connectivity index (χ0v) is 12.5. The summed E-state index contributed by atoms with van der Waals surface area (Å²) in [5.41, 5.74) is 4.40. The quantitative estimate of drug-likeness (QED) is 0.928. The number of benzene rings is 1. The molecule has 0 spiro atoms. The first-order chi connectivity index (χ1) is 9.52. The van der Waals surface area contributed by atoms with Crippen molar-refractivity contribution in [2.75, 3.05) is 5.32 Å². The number of carbonyl (C=O) groups is 1. The van der Waals surface area contributed by atoms with Gasteiger partial charge in [0.15, 0.2) is 0 Å². The molecule has 106 valence electrons. The van der Waals surface area contributed by atoms with Gasteiger partial charge in [0.2, 0.25) is 0 Å². The Morgan fingerprint density at radius 3 is 2.40 bits per heavy atom. The van der Waals surface area contributed by atoms with Crippen molar-refractivity contribution in [3.63, 3.8) is 0 Å². The summed E-state index contributed by atoms with van der Waals surface area (Å²) < 4.78 is 1.73. The number of aromatic nitrogens is 2. The smallest absolute Gasteiger partial charge is 0.259 e. The molecule has 0 saturated heterocycles. The number of anilines is 1. The number of nitrogens with zero attached hydrogens (tertiary/aromatic N) is 2. The van der Waals surface area contributed by atoms with Gasteiger partial charge in [-0.1, -0.05) is 25.5 Å². The lowest BCUT2D eigenvalue weighted by Gasteiger charge is -2.07. The number of nitrogens with one attached hydrogen (secondary N) is 1. The zero-order valence-electron chi connectivity index (χ0n) is 12.5. The Bertz CT molecular complexity index is 611. The molecule has 0 radical (unpaired) electrons. The van der Waals surface area contributed by atoms with E-state index < -0.39 is 0 Å². The number of rotatable bonds is 4. The van der Waals surface area contributed by atoms with E-state index in [9.17, 15) is 4.79 Å². The topological polar surface area (TPSA) is 46.9 Å². The first kappa shape index (κ1) is 14.3. The van der Waals surface area contributed by atoms with E-state index in [0.29, 0.717) is 5.56 Å². The molecule has 1 aromatic heterocycles. The molecule has 0 bridgehead atoms. The van der Waals surface area contributed by atoms with Gasteiger partial charge in [-0.15, -0.1) is 0 Å². The molecule has 2 rings (SSSR count). The van der Waals surface area contributed by atoms with Gasteiger partial charge >= 0.3 is 0 Å². The van der Waals surface area contributed by atoms with Crippen molar-refractivity contribution in [3.05, 3.63) is 46.8 Å². The number of hydrogen-bond donors (Lipinski definition) is 1. The van der Waals surface area contributed by atoms with Crippen molar-refractivity contribution in [3.8, 4) is 0 Å². The van der Waals surface area contributed by atoms with Crippen molar-refractivity contribution in [1.82, 2.24) is 9.78 Å². The van der Waals surface area contributed by atoms with Gasteiger partial charge in [0.25, 0.3) is 5.91 Å². The average molecular weight is 271 g/mol. The van der Waals surface area contributed by atoms with Gasteiger partial charge in [0.05, 0.1) is 11.3 Å². The summed E-state index contributed by atoms with van der Waals surface area (Å²) in [6.07, 6.45) is 2.19. The summed E-state index contributed by atoms with van der Waals surface area (Å²) in [4.78, 5) is 12.3. The van der Waals surface area contributed by atoms with Crippen LogP contribution in [-0.4, -0.2) is 15.7 Å². The Morgan fingerprint density at radius 2 is 1.90 bits per heavy atom. The van der Waals surface area contributed by atoms with Crippen molar-refractivity contribution in [2.24, 2.45) is 7.05 Å². The van der Waals surface area contributed by atoms with Crippen LogP contribution in [0, 0.1) is 13.8 Å². The lowest BCUT2D eigenvalue weighted by molar-refractivity contribution is 0.102. The lowest BCUT2D eigenvalue weighted by atomic mass is 10.1. The maximum absolute atomic E-state index is 12.3. The lowest BCUT2D eigenvalue weighted by Crippen LogP contribution is -2.14. The Hall–Kier alpha value is -2.10. The number of aryl methyl sites for hydroxylation is 3. The average Bonchev–Trinajstić information content (AvgIpc) is 2.66. The van der Waals surface area contributed by atoms with E-state index in [1.165, 1.54) is 5.56 Å². The van der Waals surface area contributed by atoms with Gasteiger partial charge in [0.1, 0.15) is 0 Å². The van der Waals surface area contributed by atoms with E-state index in [2.05, 4.69) is 29.5 Å². The van der Waals surface area contributed by atoms with E-state index in [1.54, 1.807) is 4.68 Å². The molecular weight excluding hydrogens is 250 g/mol. The highest BCUT2D eigenvalue weighted by atomic mass is 16.1. The summed E-state index contributed by atoms with van der Waals surface area (Å²) in [6.45, 7) is 5.91. The molecule has 2 aromatic rings. The first-order valence-corrected chi connectivity index (χ1v) is 6.93. The summed E-state index contributed by atoms with van der Waals surface area (Å²) in [5.74, 6) is -0.101. The van der Waals surface area contributed by atoms with Crippen LogP contribution in [0.5, 0.6) is 0 Å². The van der Waals surface area contributed by atoms with Gasteiger partial charge in [-0.3, -0.25) is 9.48 Å². The molecule has 0 saturated carbocycles. The Morgan fingerprint density at radius 1 is 1.25 bits per heavy atom. The van der Waals surface area contributed by atoms with Crippen LogP contribution in [0.4, 0.5) is 5.69 Å². The first-order valence-electron chi connectivity index (χ1n) is 6.93. The molecule has 1 N–H and O–H groups in total. The second-order valence-corrected chi connectivity index (χ2v) is 5.07. The maximum Gasteiger partial charge on any atom is 0.259 e. The maximum atomic E-state index is 12.3. The minimum atomic E-state index is -0.101. The Balaban J connectivity index is 2.15. The normalized spacial score (nSPS) is 10.6. The standard InChI is InChI=1S/C16H21N3O/c1-5-6-13-7-9-14(10-8-13)17-16(20)15-11(2)18-19(4)12(15)3/h7-10H,5-6H2,1-4H3,(H,17,20). The van der Waals surface area contributed by atoms with Crippen LogP contribution in [0.3, 0.4) is 0 Å². The highest BCUT2D eigenvalue weighted by molar-refractivity contribution is 6.05. The third kappa shape index (κ3) is 2.90. The molecule has 0 aliphatic heterocycles. The van der Waals surface area contributed by atoms with Gasteiger partial charge < -0.3 is 5.32 Å². The van der Waals surface area contributed by atoms with Crippen LogP contribution in [0.1, 0.15) is 40.7 Å². The number of hydrogen-bond acceptors (Lipinski definition) is 2. The van der Waals surface area contributed by atoms with Crippen molar-refractivity contribution in [2.45, 2.75) is 33.6 Å². The SMILES string of the molecule is CCCc1ccc(NC(=O)c2c(C)nn(C)c2C)cc1. The molecule has 1 heterocycles. The number of amides is 1. The van der Waals surface area contributed by atoms with Gasteiger partial charge in [-0.2, -0.15) is 5.10 Å². The van der Waals surface area contributed by atoms with Crippen LogP contribution in [0.15, 0.2) is 24.3 Å². The van der Waals surface area contributed by atoms with E-state index in [-0.39, 0.29) is 5.91 Å². The van der Waals surface area contributed by atoms with Gasteiger partial charge in [-0.25, -0.2) is 0 Å². The Kier molecular flexibility index (Phi) is 4.23. The molecule has 0 fully saturated rings. The molecule has 0 atom stereocenters. The third-order valence-corrected chi connectivity index (χ3v) is 3.49. The fourth-order valence-electron chi connectivity index (χ4n) is 2.34. The summed E-state index contributed by atoms with van der Waals surface area (Å²) in [6, 6.07) is 8.01. The molecule has 1 aromatic carbocycles. The van der Waals surface area contributed by atoms with Crippen LogP contribution in [0.2, 0.25) is 0 Å². The van der Waals surface area contributed by atoms with Crippen LogP contribution in [-0.2, 0) is 13.5 Å². The molecule has 4 nitrogen and oxygen atoms in total. The second-order valence-electron chi connectivity index (χ2n) is 5.07. The second kappa shape index (κ2) is 5.90. The van der Waals surface area contributed by atoms with Crippen LogP contribution >= 0.6 is 0 Å². The highest BCUT2D eigenvalue weighted by Gasteiger charge is 2.17. The molecule has 0 unspecified atom stereocenters. The van der Waals surface area contributed by atoms with E-state index >= 15 is 0 Å². The van der Waals surface area contributed by atoms with Crippen molar-refractivity contribution in [1.29, 1.82) is 0 Å². The molecule has 1 amide bonds. The minimum Gasteiger partial charge on any atom is -0.322 e. The minimum absolute atomic E-state index is 0.101. The van der Waals surface area contributed by atoms with E-state index in [4.69, 9.17) is 0 Å². The summed E-state index contributed by atoms with van der Waals surface area (Å²) in [5, 5.41) is 7.20. The molecule has 4 heteroatoms. The largest absolute Gasteiger partial charge is 0.322 e. The monoisotopic (exact) mass is 271 g/mol. The highest BCUT2D eigenvalue weighted by Crippen LogP contribution is 2.16. The van der Waals surface area contributed by atoms with Crippen LogP contribution < -0.4 is 5.32 Å². The molecule has 0 aliphatic carbocycles. The van der Waals surface area contributed by atoms with Crippen molar-refractivity contribution >= 4 is 11.6 Å². The summed E-state index contributed by atoms with van der Waals surface area (Å²) >= 11 is 0. The van der Waals surface area contributed by atoms with E-state index in [1.807, 2.05) is 33.0 Å². The van der Waals surface area contributed by atoms with Gasteiger partial charge in [0, 0.05) is 18.4 Å². The fourth-order valence-corrected chi connectivity index (χ4v) is 2.34. The van der Waals surface area contributed by atoms with E-state index in [0.717, 1.165) is 29.9 Å². The molecule has 20 heavy (non-hydrogen) atoms. The Labute approximate surface area is 119 Å². The number of carbonyl (C=O) groups excluding carboxylic acids is 1. The molecular formula is C16H21N3O. The van der Waals surface area contributed by atoms with Crippen LogP contribution in [0.25, 0.3) is 0 Å². The third-order valence-electron chi connectivity index (χ3n) is 3.49. The predicted molar refractivity (Wildman–Crippen MR) is 81.1 cm³/mol. The van der Waals surface area contributed by atoms with Crippen molar-refractivity contribution < 1.29 is 4.79 Å². The predicted octanol–water partition coefficient (Wildman–Crippen LogP) is 3.24. The zero-order chi connectivity index (χ0) is 14.7. The van der Waals surface area contributed by atoms with Gasteiger partial charge in [-0.05, 0) is 38.0 Å². The fraction of sp³-hybridized carbons (Fsp3) is 0.375.